The van der Waals surface area contributed by atoms with Crippen molar-refractivity contribution in [1.82, 2.24) is 4.98 Å². The number of nitrogens with zero attached hydrogens (tertiary/aromatic N) is 2. The number of nitriles is 1. The molecule has 0 bridgehead atoms. The van der Waals surface area contributed by atoms with Crippen molar-refractivity contribution in [1.29, 1.82) is 5.26 Å². The molecule has 68 valence electrons. The Bertz CT molecular complexity index is 384. The van der Waals surface area contributed by atoms with Gasteiger partial charge in [-0.2, -0.15) is 5.26 Å². The molecule has 4 nitrogen and oxygen atoms in total. The quantitative estimate of drug-likeness (QED) is 0.693. The second kappa shape index (κ2) is 3.50. The van der Waals surface area contributed by atoms with Crippen LogP contribution in [0.1, 0.15) is 11.3 Å². The number of rotatable bonds is 1. The summed E-state index contributed by atoms with van der Waals surface area (Å²) in [6.07, 6.45) is 0. The summed E-state index contributed by atoms with van der Waals surface area (Å²) in [6, 6.07) is 1.88. The van der Waals surface area contributed by atoms with Crippen LogP contribution in [0.15, 0.2) is 0 Å². The van der Waals surface area contributed by atoms with E-state index in [9.17, 15) is 0 Å². The normalized spacial score (nSPS) is 9.38. The number of hydrogen-bond donors (Lipinski definition) is 1. The molecule has 0 aliphatic carbocycles. The predicted octanol–water partition coefficient (Wildman–Crippen LogP) is 1.51. The lowest BCUT2D eigenvalue weighted by atomic mass is 10.2. The third-order valence-corrected chi connectivity index (χ3v) is 1.92. The van der Waals surface area contributed by atoms with Crippen molar-refractivity contribution in [2.45, 2.75) is 6.92 Å². The van der Waals surface area contributed by atoms with Gasteiger partial charge < -0.3 is 10.5 Å². The minimum absolute atomic E-state index is 0.117. The largest absolute Gasteiger partial charge is 0.493 e. The van der Waals surface area contributed by atoms with Gasteiger partial charge in [0.1, 0.15) is 11.6 Å². The van der Waals surface area contributed by atoms with Crippen molar-refractivity contribution >= 4 is 17.3 Å². The summed E-state index contributed by atoms with van der Waals surface area (Å²) < 4.78 is 4.96. The third kappa shape index (κ3) is 1.51. The Morgan fingerprint density at radius 1 is 1.62 bits per heavy atom. The number of nitrogens with two attached hydrogens (primary N) is 1. The lowest BCUT2D eigenvalue weighted by Crippen LogP contribution is -2.01. The van der Waals surface area contributed by atoms with E-state index >= 15 is 0 Å². The Balaban J connectivity index is 3.53. The highest BCUT2D eigenvalue weighted by atomic mass is 35.5. The first kappa shape index (κ1) is 9.62. The van der Waals surface area contributed by atoms with Crippen molar-refractivity contribution in [3.05, 3.63) is 16.4 Å². The van der Waals surface area contributed by atoms with E-state index in [1.807, 2.05) is 6.07 Å². The van der Waals surface area contributed by atoms with Gasteiger partial charge in [0.05, 0.1) is 18.5 Å². The Hall–Kier alpha value is -1.47. The first-order valence-corrected chi connectivity index (χ1v) is 3.89. The molecule has 0 amide bonds. The van der Waals surface area contributed by atoms with E-state index in [1.54, 1.807) is 6.92 Å². The molecule has 1 heterocycles. The zero-order chi connectivity index (χ0) is 10.0. The SMILES string of the molecule is COc1c(N)c(C)nc(Cl)c1C#N. The second-order valence-corrected chi connectivity index (χ2v) is 2.78. The van der Waals surface area contributed by atoms with E-state index in [0.717, 1.165) is 0 Å². The number of nitrogen functional groups attached to an aromatic ring is 1. The van der Waals surface area contributed by atoms with Gasteiger partial charge in [-0.25, -0.2) is 4.98 Å². The van der Waals surface area contributed by atoms with Gasteiger partial charge in [0.25, 0.3) is 0 Å². The molecule has 0 saturated heterocycles. The van der Waals surface area contributed by atoms with E-state index in [-0.39, 0.29) is 10.7 Å². The van der Waals surface area contributed by atoms with Crippen molar-refractivity contribution in [2.75, 3.05) is 12.8 Å². The molecule has 1 aromatic heterocycles. The Labute approximate surface area is 80.9 Å². The molecule has 0 atom stereocenters. The Morgan fingerprint density at radius 3 is 2.69 bits per heavy atom. The number of aromatic nitrogens is 1. The van der Waals surface area contributed by atoms with Gasteiger partial charge in [0, 0.05) is 0 Å². The van der Waals surface area contributed by atoms with Gasteiger partial charge in [-0.15, -0.1) is 0 Å². The molecule has 0 fully saturated rings. The van der Waals surface area contributed by atoms with Crippen LogP contribution in [0.5, 0.6) is 5.75 Å². The number of anilines is 1. The molecular formula is C8H8ClN3O. The fraction of sp³-hybridized carbons (Fsp3) is 0.250. The van der Waals surface area contributed by atoms with E-state index < -0.39 is 0 Å². The van der Waals surface area contributed by atoms with Crippen LogP contribution in [0.4, 0.5) is 5.69 Å². The lowest BCUT2D eigenvalue weighted by Gasteiger charge is -2.09. The molecule has 0 unspecified atom stereocenters. The summed E-state index contributed by atoms with van der Waals surface area (Å²) in [4.78, 5) is 3.89. The van der Waals surface area contributed by atoms with Gasteiger partial charge in [-0.05, 0) is 6.92 Å². The molecule has 0 aliphatic heterocycles. The number of ether oxygens (including phenoxy) is 1. The average molecular weight is 198 g/mol. The number of hydrogen-bond acceptors (Lipinski definition) is 4. The van der Waals surface area contributed by atoms with Crippen molar-refractivity contribution in [3.8, 4) is 11.8 Å². The second-order valence-electron chi connectivity index (χ2n) is 2.42. The van der Waals surface area contributed by atoms with E-state index in [0.29, 0.717) is 17.1 Å². The van der Waals surface area contributed by atoms with Crippen LogP contribution >= 0.6 is 11.6 Å². The average Bonchev–Trinajstić information content (AvgIpc) is 2.10. The predicted molar refractivity (Wildman–Crippen MR) is 49.7 cm³/mol. The first-order valence-electron chi connectivity index (χ1n) is 3.51. The van der Waals surface area contributed by atoms with Gasteiger partial charge in [-0.1, -0.05) is 11.6 Å². The summed E-state index contributed by atoms with van der Waals surface area (Å²) in [7, 11) is 1.43. The number of aryl methyl sites for hydroxylation is 1. The zero-order valence-electron chi connectivity index (χ0n) is 7.26. The zero-order valence-corrected chi connectivity index (χ0v) is 8.01. The van der Waals surface area contributed by atoms with E-state index in [4.69, 9.17) is 27.3 Å². The van der Waals surface area contributed by atoms with Crippen LogP contribution in [-0.4, -0.2) is 12.1 Å². The molecule has 0 saturated carbocycles. The molecule has 2 N–H and O–H groups in total. The monoisotopic (exact) mass is 197 g/mol. The first-order chi connectivity index (χ1) is 6.11. The van der Waals surface area contributed by atoms with Crippen molar-refractivity contribution in [3.63, 3.8) is 0 Å². The summed E-state index contributed by atoms with van der Waals surface area (Å²) in [5.74, 6) is 0.292. The maximum atomic E-state index is 8.74. The summed E-state index contributed by atoms with van der Waals surface area (Å²) in [5.41, 5.74) is 6.72. The van der Waals surface area contributed by atoms with E-state index in [1.165, 1.54) is 7.11 Å². The molecule has 1 aromatic rings. The maximum Gasteiger partial charge on any atom is 0.164 e. The smallest absolute Gasteiger partial charge is 0.164 e. The minimum atomic E-state index is 0.117. The third-order valence-electron chi connectivity index (χ3n) is 1.65. The van der Waals surface area contributed by atoms with Crippen LogP contribution in [0.3, 0.4) is 0 Å². The molecule has 0 aliphatic rings. The van der Waals surface area contributed by atoms with Crippen molar-refractivity contribution < 1.29 is 4.74 Å². The van der Waals surface area contributed by atoms with Crippen LogP contribution < -0.4 is 10.5 Å². The number of pyridine rings is 1. The Morgan fingerprint density at radius 2 is 2.23 bits per heavy atom. The fourth-order valence-corrected chi connectivity index (χ4v) is 1.22. The molecule has 0 spiro atoms. The molecule has 0 aromatic carbocycles. The van der Waals surface area contributed by atoms with Crippen molar-refractivity contribution in [2.24, 2.45) is 0 Å². The lowest BCUT2D eigenvalue weighted by molar-refractivity contribution is 0.415. The molecule has 13 heavy (non-hydrogen) atoms. The summed E-state index contributed by atoms with van der Waals surface area (Å²) in [6.45, 7) is 1.70. The number of halogens is 1. The molecule has 5 heteroatoms. The summed E-state index contributed by atoms with van der Waals surface area (Å²) >= 11 is 5.72. The Kier molecular flexibility index (Phi) is 2.59. The topological polar surface area (TPSA) is 71.9 Å². The number of methoxy groups -OCH3 is 1. The molecular weight excluding hydrogens is 190 g/mol. The highest BCUT2D eigenvalue weighted by Crippen LogP contribution is 2.31. The van der Waals surface area contributed by atoms with Gasteiger partial charge in [0.15, 0.2) is 10.9 Å². The minimum Gasteiger partial charge on any atom is -0.493 e. The molecule has 0 radical (unpaired) electrons. The van der Waals surface area contributed by atoms with E-state index in [2.05, 4.69) is 4.98 Å². The standard InChI is InChI=1S/C8H8ClN3O/c1-4-6(11)7(13-2)5(3-10)8(9)12-4/h11H2,1-2H3. The summed E-state index contributed by atoms with van der Waals surface area (Å²) in [5, 5.41) is 8.85. The maximum absolute atomic E-state index is 8.74. The van der Waals surface area contributed by atoms with Gasteiger partial charge in [0.2, 0.25) is 0 Å². The van der Waals surface area contributed by atoms with Crippen LogP contribution in [0.2, 0.25) is 5.15 Å². The van der Waals surface area contributed by atoms with Crippen LogP contribution in [0.25, 0.3) is 0 Å². The van der Waals surface area contributed by atoms with Crippen LogP contribution in [0, 0.1) is 18.3 Å². The highest BCUT2D eigenvalue weighted by Gasteiger charge is 2.14. The highest BCUT2D eigenvalue weighted by molar-refractivity contribution is 6.30. The fourth-order valence-electron chi connectivity index (χ4n) is 0.965. The van der Waals surface area contributed by atoms with Gasteiger partial charge in [-0.3, -0.25) is 0 Å². The van der Waals surface area contributed by atoms with Crippen LogP contribution in [-0.2, 0) is 0 Å². The molecule has 1 rings (SSSR count). The van der Waals surface area contributed by atoms with Gasteiger partial charge >= 0.3 is 0 Å².